The van der Waals surface area contributed by atoms with Crippen molar-refractivity contribution >= 4 is 11.9 Å². The molecule has 88 valence electrons. The van der Waals surface area contributed by atoms with Crippen LogP contribution in [0.1, 0.15) is 36.7 Å². The van der Waals surface area contributed by atoms with Gasteiger partial charge in [-0.1, -0.05) is 26.0 Å². The Morgan fingerprint density at radius 2 is 1.69 bits per heavy atom. The average molecular weight is 224 g/mol. The fourth-order valence-corrected chi connectivity index (χ4v) is 0.929. The fraction of sp³-hybridized carbons (Fsp3) is 0.333. The predicted octanol–water partition coefficient (Wildman–Crippen LogP) is 2.47. The molecule has 0 aliphatic heterocycles. The minimum absolute atomic E-state index is 0.176. The van der Waals surface area contributed by atoms with Crippen LogP contribution in [0.4, 0.5) is 0 Å². The van der Waals surface area contributed by atoms with Gasteiger partial charge in [0.2, 0.25) is 0 Å². The van der Waals surface area contributed by atoms with E-state index in [-0.39, 0.29) is 18.1 Å². The predicted molar refractivity (Wildman–Crippen MR) is 60.2 cm³/mol. The largest absolute Gasteiger partial charge is 0.478 e. The van der Waals surface area contributed by atoms with Gasteiger partial charge in [-0.15, -0.1) is 0 Å². The van der Waals surface area contributed by atoms with E-state index >= 15 is 0 Å². The molecule has 0 atom stereocenters. The normalized spacial score (nSPS) is 8.69. The molecule has 1 N–H and O–H groups in total. The Kier molecular flexibility index (Phi) is 6.59. The number of hydrogen-bond acceptors (Lipinski definition) is 3. The van der Waals surface area contributed by atoms with Crippen LogP contribution in [-0.2, 0) is 16.1 Å². The lowest BCUT2D eigenvalue weighted by atomic mass is 10.1. The van der Waals surface area contributed by atoms with Crippen molar-refractivity contribution in [1.29, 1.82) is 0 Å². The van der Waals surface area contributed by atoms with Gasteiger partial charge in [-0.2, -0.15) is 0 Å². The smallest absolute Gasteiger partial charge is 0.335 e. The van der Waals surface area contributed by atoms with E-state index in [4.69, 9.17) is 9.84 Å². The Hall–Kier alpha value is -1.84. The Morgan fingerprint density at radius 1 is 1.19 bits per heavy atom. The number of rotatable bonds is 3. The molecule has 0 fully saturated rings. The van der Waals surface area contributed by atoms with E-state index in [0.29, 0.717) is 0 Å². The van der Waals surface area contributed by atoms with Gasteiger partial charge in [-0.3, -0.25) is 4.79 Å². The Balaban J connectivity index is 0.00000106. The van der Waals surface area contributed by atoms with Gasteiger partial charge >= 0.3 is 11.9 Å². The summed E-state index contributed by atoms with van der Waals surface area (Å²) in [5.41, 5.74) is 0.988. The first kappa shape index (κ1) is 14.2. The molecular formula is C12H16O4. The van der Waals surface area contributed by atoms with E-state index in [1.54, 1.807) is 12.1 Å². The molecule has 0 bridgehead atoms. The molecule has 0 aliphatic rings. The van der Waals surface area contributed by atoms with Gasteiger partial charge in [0.25, 0.3) is 0 Å². The second-order valence-corrected chi connectivity index (χ2v) is 2.78. The van der Waals surface area contributed by atoms with Gasteiger partial charge < -0.3 is 9.84 Å². The second kappa shape index (κ2) is 7.45. The first-order valence-electron chi connectivity index (χ1n) is 5.05. The van der Waals surface area contributed by atoms with Crippen molar-refractivity contribution in [3.05, 3.63) is 35.4 Å². The van der Waals surface area contributed by atoms with Crippen molar-refractivity contribution in [2.24, 2.45) is 0 Å². The van der Waals surface area contributed by atoms with Crippen LogP contribution in [0.5, 0.6) is 0 Å². The quantitative estimate of drug-likeness (QED) is 0.801. The second-order valence-electron chi connectivity index (χ2n) is 2.78. The third-order valence-electron chi connectivity index (χ3n) is 1.64. The molecule has 0 spiro atoms. The maximum absolute atomic E-state index is 10.5. The summed E-state index contributed by atoms with van der Waals surface area (Å²) in [5, 5.41) is 8.61. The summed E-state index contributed by atoms with van der Waals surface area (Å²) < 4.78 is 4.74. The maximum Gasteiger partial charge on any atom is 0.335 e. The number of benzene rings is 1. The van der Waals surface area contributed by atoms with Crippen molar-refractivity contribution < 1.29 is 19.4 Å². The van der Waals surface area contributed by atoms with Gasteiger partial charge in [0.1, 0.15) is 6.61 Å². The molecule has 4 heteroatoms. The lowest BCUT2D eigenvalue weighted by molar-refractivity contribution is -0.142. The van der Waals surface area contributed by atoms with Crippen LogP contribution < -0.4 is 0 Å². The molecule has 1 rings (SSSR count). The highest BCUT2D eigenvalue weighted by Crippen LogP contribution is 2.05. The third kappa shape index (κ3) is 5.14. The first-order valence-corrected chi connectivity index (χ1v) is 5.05. The van der Waals surface area contributed by atoms with Crippen molar-refractivity contribution in [3.63, 3.8) is 0 Å². The molecule has 16 heavy (non-hydrogen) atoms. The summed E-state index contributed by atoms with van der Waals surface area (Å²) in [5.74, 6) is -1.32. The summed E-state index contributed by atoms with van der Waals surface area (Å²) in [6.07, 6.45) is 0. The van der Waals surface area contributed by atoms with E-state index in [0.717, 1.165) is 5.56 Å². The Morgan fingerprint density at radius 3 is 2.06 bits per heavy atom. The zero-order chi connectivity index (χ0) is 12.6. The summed E-state index contributed by atoms with van der Waals surface area (Å²) in [6, 6.07) is 6.18. The summed E-state index contributed by atoms with van der Waals surface area (Å²) in [7, 11) is 0. The van der Waals surface area contributed by atoms with Gasteiger partial charge in [0.15, 0.2) is 0 Å². The molecule has 0 saturated carbocycles. The molecule has 0 amide bonds. The number of aromatic carboxylic acids is 1. The van der Waals surface area contributed by atoms with Crippen LogP contribution in [0.15, 0.2) is 24.3 Å². The topological polar surface area (TPSA) is 63.6 Å². The van der Waals surface area contributed by atoms with Crippen LogP contribution in [0.25, 0.3) is 0 Å². The van der Waals surface area contributed by atoms with E-state index < -0.39 is 5.97 Å². The highest BCUT2D eigenvalue weighted by Gasteiger charge is 2.02. The van der Waals surface area contributed by atoms with Crippen LogP contribution in [0.2, 0.25) is 0 Å². The van der Waals surface area contributed by atoms with E-state index in [9.17, 15) is 9.59 Å². The lowest BCUT2D eigenvalue weighted by Crippen LogP contribution is -2.00. The molecule has 4 nitrogen and oxygen atoms in total. The SMILES string of the molecule is CC.CC(=O)OCc1ccc(C(=O)O)cc1. The molecule has 0 aliphatic carbocycles. The minimum Gasteiger partial charge on any atom is -0.478 e. The molecule has 0 unspecified atom stereocenters. The fourth-order valence-electron chi connectivity index (χ4n) is 0.929. The van der Waals surface area contributed by atoms with Crippen molar-refractivity contribution in [3.8, 4) is 0 Å². The number of carbonyl (C=O) groups is 2. The van der Waals surface area contributed by atoms with Gasteiger partial charge in [-0.25, -0.2) is 4.79 Å². The van der Waals surface area contributed by atoms with Gasteiger partial charge in [0, 0.05) is 6.92 Å². The Labute approximate surface area is 94.9 Å². The summed E-state index contributed by atoms with van der Waals surface area (Å²) in [6.45, 7) is 5.50. The van der Waals surface area contributed by atoms with E-state index in [1.807, 2.05) is 13.8 Å². The number of ether oxygens (including phenoxy) is 1. The highest BCUT2D eigenvalue weighted by molar-refractivity contribution is 5.87. The van der Waals surface area contributed by atoms with Crippen molar-refractivity contribution in [2.45, 2.75) is 27.4 Å². The number of hydrogen-bond donors (Lipinski definition) is 1. The van der Waals surface area contributed by atoms with Crippen LogP contribution in [0.3, 0.4) is 0 Å². The number of carbonyl (C=O) groups excluding carboxylic acids is 1. The highest BCUT2D eigenvalue weighted by atomic mass is 16.5. The monoisotopic (exact) mass is 224 g/mol. The number of carboxylic acid groups (broad SMARTS) is 1. The molecule has 0 heterocycles. The number of carboxylic acids is 1. The summed E-state index contributed by atoms with van der Waals surface area (Å²) >= 11 is 0. The molecule has 0 saturated heterocycles. The van der Waals surface area contributed by atoms with Gasteiger partial charge in [-0.05, 0) is 17.7 Å². The molecular weight excluding hydrogens is 208 g/mol. The zero-order valence-electron chi connectivity index (χ0n) is 9.69. The maximum atomic E-state index is 10.5. The molecule has 0 radical (unpaired) electrons. The van der Waals surface area contributed by atoms with E-state index in [2.05, 4.69) is 0 Å². The molecule has 1 aromatic carbocycles. The van der Waals surface area contributed by atoms with Crippen LogP contribution >= 0.6 is 0 Å². The first-order chi connectivity index (χ1) is 7.59. The number of esters is 1. The average Bonchev–Trinajstić information content (AvgIpc) is 2.29. The third-order valence-corrected chi connectivity index (χ3v) is 1.64. The standard InChI is InChI=1S/C10H10O4.C2H6/c1-7(11)14-6-8-2-4-9(5-3-8)10(12)13;1-2/h2-5H,6H2,1H3,(H,12,13);1-2H3. The Bertz CT molecular complexity index is 341. The van der Waals surface area contributed by atoms with E-state index in [1.165, 1.54) is 19.1 Å². The minimum atomic E-state index is -0.968. The van der Waals surface area contributed by atoms with Crippen LogP contribution in [-0.4, -0.2) is 17.0 Å². The lowest BCUT2D eigenvalue weighted by Gasteiger charge is -2.01. The molecule has 1 aromatic rings. The molecule has 0 aromatic heterocycles. The van der Waals surface area contributed by atoms with Crippen molar-refractivity contribution in [2.75, 3.05) is 0 Å². The van der Waals surface area contributed by atoms with Crippen LogP contribution in [0, 0.1) is 0 Å². The zero-order valence-corrected chi connectivity index (χ0v) is 9.69. The van der Waals surface area contributed by atoms with Gasteiger partial charge in [0.05, 0.1) is 5.56 Å². The summed E-state index contributed by atoms with van der Waals surface area (Å²) in [4.78, 5) is 21.0. The van der Waals surface area contributed by atoms with Crippen molar-refractivity contribution in [1.82, 2.24) is 0 Å².